The van der Waals surface area contributed by atoms with Crippen molar-refractivity contribution < 1.29 is 9.53 Å². The van der Waals surface area contributed by atoms with Crippen molar-refractivity contribution in [2.75, 3.05) is 31.1 Å². The van der Waals surface area contributed by atoms with Crippen LogP contribution >= 0.6 is 11.3 Å². The summed E-state index contributed by atoms with van der Waals surface area (Å²) >= 11 is 1.42. The molecule has 2 aromatic rings. The Morgan fingerprint density at radius 2 is 1.81 bits per heavy atom. The number of thiazole rings is 1. The van der Waals surface area contributed by atoms with Gasteiger partial charge in [0.25, 0.3) is 0 Å². The van der Waals surface area contributed by atoms with E-state index in [1.807, 2.05) is 39.8 Å². The molecule has 7 heteroatoms. The molecular formula is C20H24N4O2S. The van der Waals surface area contributed by atoms with Crippen LogP contribution in [0.5, 0.6) is 0 Å². The zero-order valence-corrected chi connectivity index (χ0v) is 17.0. The lowest BCUT2D eigenvalue weighted by Gasteiger charge is -2.36. The van der Waals surface area contributed by atoms with Gasteiger partial charge in [-0.15, -0.1) is 11.3 Å². The molecule has 1 fully saturated rings. The van der Waals surface area contributed by atoms with Crippen molar-refractivity contribution in [1.29, 1.82) is 5.26 Å². The van der Waals surface area contributed by atoms with Gasteiger partial charge in [0.05, 0.1) is 5.69 Å². The molecule has 0 radical (unpaired) electrons. The van der Waals surface area contributed by atoms with Gasteiger partial charge in [0.2, 0.25) is 0 Å². The molecule has 1 amide bonds. The molecule has 1 aromatic carbocycles. The Morgan fingerprint density at radius 1 is 1.19 bits per heavy atom. The summed E-state index contributed by atoms with van der Waals surface area (Å²) in [4.78, 5) is 21.3. The van der Waals surface area contributed by atoms with E-state index in [0.29, 0.717) is 18.0 Å². The van der Waals surface area contributed by atoms with E-state index >= 15 is 0 Å². The summed E-state index contributed by atoms with van der Waals surface area (Å²) in [5.74, 6) is 0. The van der Waals surface area contributed by atoms with Gasteiger partial charge >= 0.3 is 6.09 Å². The van der Waals surface area contributed by atoms with Gasteiger partial charge in [-0.2, -0.15) is 5.26 Å². The third-order valence-electron chi connectivity index (χ3n) is 4.31. The quantitative estimate of drug-likeness (QED) is 0.781. The SMILES string of the molecule is Cc1nc(-c2ccc(N3CCN(C(=O)OC(C)(C)C)CC3)cc2)sc1C#N. The lowest BCUT2D eigenvalue weighted by molar-refractivity contribution is 0.0240. The largest absolute Gasteiger partial charge is 0.444 e. The van der Waals surface area contributed by atoms with Crippen molar-refractivity contribution in [3.63, 3.8) is 0 Å². The molecular weight excluding hydrogens is 360 g/mol. The molecule has 0 N–H and O–H groups in total. The summed E-state index contributed by atoms with van der Waals surface area (Å²) in [6, 6.07) is 10.4. The van der Waals surface area contributed by atoms with Gasteiger partial charge in [0.1, 0.15) is 21.6 Å². The fraction of sp³-hybridized carbons (Fsp3) is 0.450. The van der Waals surface area contributed by atoms with Gasteiger partial charge in [-0.1, -0.05) is 0 Å². The highest BCUT2D eigenvalue weighted by Gasteiger charge is 2.26. The van der Waals surface area contributed by atoms with E-state index < -0.39 is 5.60 Å². The molecule has 27 heavy (non-hydrogen) atoms. The van der Waals surface area contributed by atoms with Crippen LogP contribution in [-0.2, 0) is 4.74 Å². The molecule has 1 aromatic heterocycles. The molecule has 6 nitrogen and oxygen atoms in total. The number of anilines is 1. The van der Waals surface area contributed by atoms with Gasteiger partial charge in [-0.05, 0) is 52.0 Å². The van der Waals surface area contributed by atoms with Gasteiger partial charge in [0.15, 0.2) is 0 Å². The number of benzene rings is 1. The first-order chi connectivity index (χ1) is 12.8. The van der Waals surface area contributed by atoms with Crippen LogP contribution in [0.1, 0.15) is 31.3 Å². The van der Waals surface area contributed by atoms with Crippen molar-refractivity contribution >= 4 is 23.1 Å². The van der Waals surface area contributed by atoms with E-state index in [0.717, 1.165) is 35.0 Å². The Labute approximate surface area is 164 Å². The summed E-state index contributed by atoms with van der Waals surface area (Å²) in [6.07, 6.45) is -0.245. The first-order valence-electron chi connectivity index (χ1n) is 8.97. The molecule has 1 aliphatic rings. The van der Waals surface area contributed by atoms with Crippen molar-refractivity contribution in [3.05, 3.63) is 34.8 Å². The van der Waals surface area contributed by atoms with E-state index in [1.165, 1.54) is 11.3 Å². The molecule has 0 bridgehead atoms. The van der Waals surface area contributed by atoms with E-state index in [4.69, 9.17) is 10.00 Å². The molecule has 1 saturated heterocycles. The number of amides is 1. The van der Waals surface area contributed by atoms with Crippen LogP contribution in [0.25, 0.3) is 10.6 Å². The summed E-state index contributed by atoms with van der Waals surface area (Å²) < 4.78 is 5.44. The van der Waals surface area contributed by atoms with Crippen LogP contribution in [-0.4, -0.2) is 47.8 Å². The minimum absolute atomic E-state index is 0.245. The second-order valence-corrected chi connectivity index (χ2v) is 8.55. The zero-order chi connectivity index (χ0) is 19.6. The van der Waals surface area contributed by atoms with Crippen molar-refractivity contribution in [1.82, 2.24) is 9.88 Å². The van der Waals surface area contributed by atoms with Gasteiger partial charge in [-0.25, -0.2) is 9.78 Å². The number of piperazine rings is 1. The first kappa shape index (κ1) is 19.2. The molecule has 0 saturated carbocycles. The maximum Gasteiger partial charge on any atom is 0.410 e. The second-order valence-electron chi connectivity index (χ2n) is 7.55. The molecule has 3 rings (SSSR count). The predicted molar refractivity (Wildman–Crippen MR) is 107 cm³/mol. The number of aryl methyl sites for hydroxylation is 1. The van der Waals surface area contributed by atoms with E-state index in [-0.39, 0.29) is 6.09 Å². The topological polar surface area (TPSA) is 69.5 Å². The van der Waals surface area contributed by atoms with Crippen LogP contribution < -0.4 is 4.90 Å². The van der Waals surface area contributed by atoms with Gasteiger partial charge in [-0.3, -0.25) is 0 Å². The molecule has 0 spiro atoms. The van der Waals surface area contributed by atoms with Crippen LogP contribution in [0.15, 0.2) is 24.3 Å². The standard InChI is InChI=1S/C20H24N4O2S/c1-14-17(13-21)27-18(22-14)15-5-7-16(8-6-15)23-9-11-24(12-10-23)19(25)26-20(2,3)4/h5-8H,9-12H2,1-4H3. The van der Waals surface area contributed by atoms with Crippen molar-refractivity contribution in [2.45, 2.75) is 33.3 Å². The Bertz CT molecular complexity index is 854. The van der Waals surface area contributed by atoms with Crippen molar-refractivity contribution in [3.8, 4) is 16.6 Å². The summed E-state index contributed by atoms with van der Waals surface area (Å²) in [6.45, 7) is 10.3. The molecule has 1 aliphatic heterocycles. The monoisotopic (exact) mass is 384 g/mol. The zero-order valence-electron chi connectivity index (χ0n) is 16.2. The number of aromatic nitrogens is 1. The average molecular weight is 385 g/mol. The highest BCUT2D eigenvalue weighted by Crippen LogP contribution is 2.29. The fourth-order valence-corrected chi connectivity index (χ4v) is 3.78. The molecule has 142 valence electrons. The Balaban J connectivity index is 1.62. The molecule has 0 atom stereocenters. The van der Waals surface area contributed by atoms with Crippen LogP contribution in [0.3, 0.4) is 0 Å². The Hall–Kier alpha value is -2.59. The third kappa shape index (κ3) is 4.58. The normalized spacial score (nSPS) is 14.8. The minimum Gasteiger partial charge on any atom is -0.444 e. The van der Waals surface area contributed by atoms with E-state index in [9.17, 15) is 4.79 Å². The smallest absolute Gasteiger partial charge is 0.410 e. The third-order valence-corrected chi connectivity index (χ3v) is 5.42. The van der Waals surface area contributed by atoms with Crippen LogP contribution in [0.2, 0.25) is 0 Å². The first-order valence-corrected chi connectivity index (χ1v) is 9.79. The molecule has 0 aliphatic carbocycles. The maximum atomic E-state index is 12.2. The van der Waals surface area contributed by atoms with Gasteiger partial charge in [0, 0.05) is 37.4 Å². The maximum absolute atomic E-state index is 12.2. The number of rotatable bonds is 2. The van der Waals surface area contributed by atoms with Crippen LogP contribution in [0, 0.1) is 18.3 Å². The molecule has 2 heterocycles. The molecule has 0 unspecified atom stereocenters. The number of hydrogen-bond acceptors (Lipinski definition) is 6. The van der Waals surface area contributed by atoms with E-state index in [2.05, 4.69) is 28.1 Å². The number of ether oxygens (including phenoxy) is 1. The number of hydrogen-bond donors (Lipinski definition) is 0. The highest BCUT2D eigenvalue weighted by atomic mass is 32.1. The second kappa shape index (κ2) is 7.57. The lowest BCUT2D eigenvalue weighted by atomic mass is 10.2. The summed E-state index contributed by atoms with van der Waals surface area (Å²) in [7, 11) is 0. The average Bonchev–Trinajstić information content (AvgIpc) is 3.01. The number of carbonyl (C=O) groups excluding carboxylic acids is 1. The van der Waals surface area contributed by atoms with Gasteiger partial charge < -0.3 is 14.5 Å². The Morgan fingerprint density at radius 3 is 2.33 bits per heavy atom. The summed E-state index contributed by atoms with van der Waals surface area (Å²) in [5, 5.41) is 9.96. The van der Waals surface area contributed by atoms with Crippen LogP contribution in [0.4, 0.5) is 10.5 Å². The van der Waals surface area contributed by atoms with Crippen molar-refractivity contribution in [2.24, 2.45) is 0 Å². The highest BCUT2D eigenvalue weighted by molar-refractivity contribution is 7.15. The summed E-state index contributed by atoms with van der Waals surface area (Å²) in [5.41, 5.74) is 2.45. The minimum atomic E-state index is -0.469. The van der Waals surface area contributed by atoms with E-state index in [1.54, 1.807) is 4.90 Å². The number of nitriles is 1. The Kier molecular flexibility index (Phi) is 5.38. The lowest BCUT2D eigenvalue weighted by Crippen LogP contribution is -2.50. The number of nitrogens with zero attached hydrogens (tertiary/aromatic N) is 4. The fourth-order valence-electron chi connectivity index (χ4n) is 2.91. The predicted octanol–water partition coefficient (Wildman–Crippen LogP) is 4.05. The number of carbonyl (C=O) groups is 1.